The molecule has 0 bridgehead atoms. The highest BCUT2D eigenvalue weighted by Gasteiger charge is 2.11. The topological polar surface area (TPSA) is 86.3 Å². The van der Waals surface area contributed by atoms with E-state index in [1.54, 1.807) is 0 Å². The third-order valence-electron chi connectivity index (χ3n) is 2.01. The van der Waals surface area contributed by atoms with Gasteiger partial charge in [-0.2, -0.15) is 0 Å². The van der Waals surface area contributed by atoms with Crippen LogP contribution in [-0.2, 0) is 0 Å². The Morgan fingerprint density at radius 1 is 0.789 bits per heavy atom. The molecule has 0 saturated carbocycles. The quantitative estimate of drug-likeness (QED) is 0.517. The van der Waals surface area contributed by atoms with E-state index in [0.29, 0.717) is 0 Å². The maximum atomic E-state index is 10.2. The van der Waals surface area contributed by atoms with Crippen molar-refractivity contribution in [2.24, 2.45) is 0 Å². The number of hydrogen-bond acceptors (Lipinski definition) is 5. The zero-order chi connectivity index (χ0) is 14.3. The minimum absolute atomic E-state index is 0.274. The van der Waals surface area contributed by atoms with Crippen LogP contribution in [0.15, 0.2) is 59.5 Å². The Labute approximate surface area is 114 Å². The number of nitrogens with zero attached hydrogens (tertiary/aromatic N) is 2. The summed E-state index contributed by atoms with van der Waals surface area (Å²) in [5.74, 6) is 0. The molecule has 0 aliphatic carbocycles. The van der Waals surface area contributed by atoms with Crippen molar-refractivity contribution in [3.8, 4) is 0 Å². The smallest absolute Gasteiger partial charge is 0.258 e. The van der Waals surface area contributed by atoms with Gasteiger partial charge in [0, 0.05) is 17.0 Å². The summed E-state index contributed by atoms with van der Waals surface area (Å²) in [6.07, 6.45) is 0. The van der Waals surface area contributed by atoms with Crippen molar-refractivity contribution in [3.63, 3.8) is 0 Å². The highest BCUT2D eigenvalue weighted by molar-refractivity contribution is 7.80. The van der Waals surface area contributed by atoms with Crippen LogP contribution in [0.5, 0.6) is 0 Å². The van der Waals surface area contributed by atoms with Crippen molar-refractivity contribution in [1.82, 2.24) is 0 Å². The number of rotatable bonds is 2. The Morgan fingerprint density at radius 2 is 1.26 bits per heavy atom. The summed E-state index contributed by atoms with van der Waals surface area (Å²) >= 11 is 4.08. The number of hydrogen-bond donors (Lipinski definition) is 1. The minimum Gasteiger partial charge on any atom is -0.258 e. The average molecular weight is 278 g/mol. The molecule has 0 aliphatic rings. The molecule has 0 amide bonds. The van der Waals surface area contributed by atoms with E-state index < -0.39 is 9.85 Å². The van der Waals surface area contributed by atoms with Crippen molar-refractivity contribution < 1.29 is 9.85 Å². The molecule has 0 aliphatic heterocycles. The maximum Gasteiger partial charge on any atom is 0.276 e. The number of thiol groups is 1. The molecule has 0 spiro atoms. The zero-order valence-electron chi connectivity index (χ0n) is 9.67. The second-order valence-electron chi connectivity index (χ2n) is 3.37. The van der Waals surface area contributed by atoms with Gasteiger partial charge in [-0.25, -0.2) is 0 Å². The van der Waals surface area contributed by atoms with Crippen molar-refractivity contribution in [3.05, 3.63) is 74.8 Å². The minimum atomic E-state index is -0.674. The van der Waals surface area contributed by atoms with Gasteiger partial charge >= 0.3 is 0 Å². The van der Waals surface area contributed by atoms with Crippen LogP contribution in [0.25, 0.3) is 0 Å². The Morgan fingerprint density at radius 3 is 1.58 bits per heavy atom. The van der Waals surface area contributed by atoms with Crippen LogP contribution in [0.3, 0.4) is 0 Å². The van der Waals surface area contributed by atoms with Gasteiger partial charge in [0.25, 0.3) is 11.4 Å². The summed E-state index contributed by atoms with van der Waals surface area (Å²) in [7, 11) is 0. The van der Waals surface area contributed by atoms with Crippen molar-refractivity contribution in [2.75, 3.05) is 0 Å². The molecular weight excluding hydrogens is 268 g/mol. The lowest BCUT2D eigenvalue weighted by Crippen LogP contribution is -1.91. The second kappa shape index (κ2) is 7.12. The predicted molar refractivity (Wildman–Crippen MR) is 73.4 cm³/mol. The zero-order valence-corrected chi connectivity index (χ0v) is 10.6. The first-order valence-electron chi connectivity index (χ1n) is 5.13. The molecule has 0 atom stereocenters. The summed E-state index contributed by atoms with van der Waals surface area (Å²) in [6, 6.07) is 14.4. The first-order valence-corrected chi connectivity index (χ1v) is 5.58. The van der Waals surface area contributed by atoms with E-state index in [1.165, 1.54) is 18.2 Å². The molecule has 0 aromatic heterocycles. The van der Waals surface area contributed by atoms with Gasteiger partial charge in [-0.15, -0.1) is 12.6 Å². The molecule has 2 aromatic carbocycles. The summed E-state index contributed by atoms with van der Waals surface area (Å²) in [6.45, 7) is 0. The van der Waals surface area contributed by atoms with Crippen LogP contribution in [0.2, 0.25) is 0 Å². The lowest BCUT2D eigenvalue weighted by molar-refractivity contribution is -0.394. The summed E-state index contributed by atoms with van der Waals surface area (Å²) in [5, 5.41) is 20.3. The molecule has 2 aromatic rings. The molecule has 0 fully saturated rings. The standard InChI is InChI=1S/C6H4N2O4.C6H6S/c9-7(10)5-2-1-3-6(4-5)8(11)12;7-6-4-2-1-3-5-6/h1-4H;1-5,7H. The number of benzene rings is 2. The third-order valence-corrected chi connectivity index (χ3v) is 2.31. The van der Waals surface area contributed by atoms with Gasteiger partial charge < -0.3 is 0 Å². The van der Waals surface area contributed by atoms with Gasteiger partial charge in [0.2, 0.25) is 0 Å². The Bertz CT molecular complexity index is 546. The molecule has 0 saturated heterocycles. The molecule has 98 valence electrons. The summed E-state index contributed by atoms with van der Waals surface area (Å²) < 4.78 is 0. The fourth-order valence-electron chi connectivity index (χ4n) is 1.15. The van der Waals surface area contributed by atoms with E-state index in [1.807, 2.05) is 30.3 Å². The van der Waals surface area contributed by atoms with Gasteiger partial charge in [-0.1, -0.05) is 18.2 Å². The fourth-order valence-corrected chi connectivity index (χ4v) is 1.32. The van der Waals surface area contributed by atoms with E-state index in [4.69, 9.17) is 0 Å². The number of nitro benzene ring substituents is 2. The second-order valence-corrected chi connectivity index (χ2v) is 3.89. The van der Waals surface area contributed by atoms with Crippen molar-refractivity contribution >= 4 is 24.0 Å². The highest BCUT2D eigenvalue weighted by atomic mass is 32.1. The normalized spacial score (nSPS) is 9.11. The molecule has 7 heteroatoms. The van der Waals surface area contributed by atoms with E-state index in [-0.39, 0.29) is 11.4 Å². The Balaban J connectivity index is 0.000000218. The first kappa shape index (κ1) is 14.7. The Hall–Kier alpha value is -2.41. The third kappa shape index (κ3) is 5.17. The van der Waals surface area contributed by atoms with Gasteiger partial charge in [0.15, 0.2) is 0 Å². The summed E-state index contributed by atoms with van der Waals surface area (Å²) in [5.41, 5.74) is -0.548. The fraction of sp³-hybridized carbons (Fsp3) is 0. The van der Waals surface area contributed by atoms with Crippen LogP contribution in [0, 0.1) is 20.2 Å². The Kier molecular flexibility index (Phi) is 5.49. The van der Waals surface area contributed by atoms with Crippen LogP contribution in [0.4, 0.5) is 11.4 Å². The number of non-ortho nitro benzene ring substituents is 2. The van der Waals surface area contributed by atoms with Gasteiger partial charge in [0.1, 0.15) is 0 Å². The lowest BCUT2D eigenvalue weighted by atomic mass is 10.3. The summed E-state index contributed by atoms with van der Waals surface area (Å²) in [4.78, 5) is 20.0. The predicted octanol–water partition coefficient (Wildman–Crippen LogP) is 3.48. The largest absolute Gasteiger partial charge is 0.276 e. The SMILES string of the molecule is O=[N+]([O-])c1cccc([N+](=O)[O-])c1.Sc1ccccc1. The highest BCUT2D eigenvalue weighted by Crippen LogP contribution is 2.18. The molecule has 0 unspecified atom stereocenters. The van der Waals surface area contributed by atoms with Crippen molar-refractivity contribution in [2.45, 2.75) is 4.90 Å². The van der Waals surface area contributed by atoms with Gasteiger partial charge in [0.05, 0.1) is 15.9 Å². The van der Waals surface area contributed by atoms with Gasteiger partial charge in [-0.3, -0.25) is 20.2 Å². The average Bonchev–Trinajstić information content (AvgIpc) is 2.40. The molecular formula is C12H10N2O4S. The van der Waals surface area contributed by atoms with Gasteiger partial charge in [-0.05, 0) is 18.2 Å². The molecule has 19 heavy (non-hydrogen) atoms. The van der Waals surface area contributed by atoms with Crippen molar-refractivity contribution in [1.29, 1.82) is 0 Å². The molecule has 6 nitrogen and oxygen atoms in total. The van der Waals surface area contributed by atoms with Crippen LogP contribution < -0.4 is 0 Å². The molecule has 0 N–H and O–H groups in total. The van der Waals surface area contributed by atoms with Crippen LogP contribution >= 0.6 is 12.6 Å². The number of nitro groups is 2. The van der Waals surface area contributed by atoms with E-state index >= 15 is 0 Å². The van der Waals surface area contributed by atoms with E-state index in [0.717, 1.165) is 11.0 Å². The molecule has 2 rings (SSSR count). The van der Waals surface area contributed by atoms with Crippen LogP contribution in [-0.4, -0.2) is 9.85 Å². The lowest BCUT2D eigenvalue weighted by Gasteiger charge is -1.90. The molecule has 0 radical (unpaired) electrons. The first-order chi connectivity index (χ1) is 9.00. The van der Waals surface area contributed by atoms with Crippen LogP contribution in [0.1, 0.15) is 0 Å². The van der Waals surface area contributed by atoms with E-state index in [9.17, 15) is 20.2 Å². The van der Waals surface area contributed by atoms with E-state index in [2.05, 4.69) is 12.6 Å². The molecule has 0 heterocycles. The monoisotopic (exact) mass is 278 g/mol. The maximum absolute atomic E-state index is 10.2.